The summed E-state index contributed by atoms with van der Waals surface area (Å²) in [6.07, 6.45) is 9.13. The molecule has 1 radical (unpaired) electrons. The van der Waals surface area contributed by atoms with Crippen molar-refractivity contribution in [3.63, 3.8) is 0 Å². The van der Waals surface area contributed by atoms with Gasteiger partial charge in [0, 0.05) is 55.8 Å². The topological polar surface area (TPSA) is 40.5 Å². The van der Waals surface area contributed by atoms with Crippen LogP contribution in [0.3, 0.4) is 0 Å². The van der Waals surface area contributed by atoms with Crippen molar-refractivity contribution in [3.05, 3.63) is 35.9 Å². The van der Waals surface area contributed by atoms with Gasteiger partial charge in [0.2, 0.25) is 0 Å². The summed E-state index contributed by atoms with van der Waals surface area (Å²) in [6.45, 7) is 2.23. The first kappa shape index (κ1) is 21.7. The van der Waals surface area contributed by atoms with Gasteiger partial charge < -0.3 is 10.2 Å². The molecule has 2 atom stereocenters. The molecule has 0 spiro atoms. The normalized spacial score (nSPS) is 13.5. The minimum atomic E-state index is -0.546. The van der Waals surface area contributed by atoms with Gasteiger partial charge in [-0.1, -0.05) is 82.2 Å². The Balaban J connectivity index is 0.00000400. The van der Waals surface area contributed by atoms with Crippen molar-refractivity contribution in [1.82, 2.24) is 0 Å². The minimum absolute atomic E-state index is 0. The van der Waals surface area contributed by atoms with E-state index in [1.807, 2.05) is 30.3 Å². The molecule has 2 nitrogen and oxygen atoms in total. The summed E-state index contributed by atoms with van der Waals surface area (Å²) in [4.78, 5) is 0. The second kappa shape index (κ2) is 14.3. The number of rotatable bonds is 11. The van der Waals surface area contributed by atoms with Gasteiger partial charge in [-0.05, 0) is 12.0 Å². The zero-order valence-electron chi connectivity index (χ0n) is 13.2. The molecule has 0 saturated carbocycles. The van der Waals surface area contributed by atoms with Crippen LogP contribution in [0.2, 0.25) is 0 Å². The number of hydrogen-bond acceptors (Lipinski definition) is 2. The maximum absolute atomic E-state index is 10.0. The fourth-order valence-electron chi connectivity index (χ4n) is 2.52. The zero-order chi connectivity index (χ0) is 14.6. The summed E-state index contributed by atoms with van der Waals surface area (Å²) in [6, 6.07) is 9.59. The van der Waals surface area contributed by atoms with E-state index in [-0.39, 0.29) is 55.5 Å². The molecule has 2 unspecified atom stereocenters. The molecule has 1 aromatic rings. The van der Waals surface area contributed by atoms with Crippen molar-refractivity contribution < 1.29 is 59.6 Å². The van der Waals surface area contributed by atoms with Gasteiger partial charge in [-0.15, -0.1) is 0 Å². The van der Waals surface area contributed by atoms with E-state index in [0.717, 1.165) is 18.4 Å². The van der Waals surface area contributed by atoms with Crippen LogP contribution in [0.15, 0.2) is 30.3 Å². The second-order valence-electron chi connectivity index (χ2n) is 5.73. The van der Waals surface area contributed by atoms with Gasteiger partial charge >= 0.3 is 0 Å². The SMILES string of the molecule is CCCCCCCCCC(O)CC(O)c1ccccc1.[Eu]. The van der Waals surface area contributed by atoms with Crippen molar-refractivity contribution in [2.24, 2.45) is 0 Å². The smallest absolute Gasteiger partial charge is 0.0814 e. The molecule has 0 amide bonds. The first-order chi connectivity index (χ1) is 9.74. The Bertz CT molecular complexity index is 329. The maximum Gasteiger partial charge on any atom is 0.0814 e. The third-order valence-electron chi connectivity index (χ3n) is 3.82. The Hall–Kier alpha value is 0.724. The van der Waals surface area contributed by atoms with Crippen LogP contribution >= 0.6 is 0 Å². The van der Waals surface area contributed by atoms with Crippen LogP contribution in [0, 0.1) is 49.4 Å². The van der Waals surface area contributed by atoms with Gasteiger partial charge in [0.15, 0.2) is 0 Å². The summed E-state index contributed by atoms with van der Waals surface area (Å²) in [5, 5.41) is 20.0. The summed E-state index contributed by atoms with van der Waals surface area (Å²) in [5.41, 5.74) is 0.895. The van der Waals surface area contributed by atoms with Gasteiger partial charge in [-0.25, -0.2) is 0 Å². The third kappa shape index (κ3) is 11.0. The molecule has 0 aromatic heterocycles. The monoisotopic (exact) mass is 431 g/mol. The number of benzene rings is 1. The summed E-state index contributed by atoms with van der Waals surface area (Å²) in [7, 11) is 0. The number of unbranched alkanes of at least 4 members (excludes halogenated alkanes) is 6. The van der Waals surface area contributed by atoms with E-state index in [4.69, 9.17) is 0 Å². The predicted octanol–water partition coefficient (Wildman–Crippen LogP) is 4.61. The van der Waals surface area contributed by atoms with E-state index >= 15 is 0 Å². The molecule has 21 heavy (non-hydrogen) atoms. The van der Waals surface area contributed by atoms with Gasteiger partial charge in [-0.2, -0.15) is 0 Å². The molecule has 1 aromatic carbocycles. The van der Waals surface area contributed by atoms with Crippen LogP contribution in [0.1, 0.15) is 76.4 Å². The third-order valence-corrected chi connectivity index (χ3v) is 3.82. The Morgan fingerprint density at radius 2 is 1.43 bits per heavy atom. The molecule has 0 aliphatic heterocycles. The number of hydrogen-bond donors (Lipinski definition) is 2. The molecule has 121 valence electrons. The van der Waals surface area contributed by atoms with E-state index in [2.05, 4.69) is 6.92 Å². The van der Waals surface area contributed by atoms with Crippen LogP contribution in [0.25, 0.3) is 0 Å². The standard InChI is InChI=1S/C18H30O2.Eu/c1-2-3-4-5-6-7-11-14-17(19)15-18(20)16-12-9-8-10-13-16;/h8-10,12-13,17-20H,2-7,11,14-15H2,1H3;. The van der Waals surface area contributed by atoms with Crippen molar-refractivity contribution in [3.8, 4) is 0 Å². The van der Waals surface area contributed by atoms with Crippen LogP contribution in [0.4, 0.5) is 0 Å². The first-order valence-corrected chi connectivity index (χ1v) is 8.15. The number of aliphatic hydroxyl groups is 2. The van der Waals surface area contributed by atoms with Gasteiger partial charge in [0.05, 0.1) is 12.2 Å². The van der Waals surface area contributed by atoms with Crippen LogP contribution in [0.5, 0.6) is 0 Å². The Morgan fingerprint density at radius 3 is 2.05 bits per heavy atom. The van der Waals surface area contributed by atoms with Crippen LogP contribution < -0.4 is 0 Å². The molecule has 3 heteroatoms. The second-order valence-corrected chi connectivity index (χ2v) is 5.73. The van der Waals surface area contributed by atoms with Crippen LogP contribution in [-0.4, -0.2) is 16.3 Å². The fourth-order valence-corrected chi connectivity index (χ4v) is 2.52. The van der Waals surface area contributed by atoms with Gasteiger partial charge in [0.1, 0.15) is 0 Å². The van der Waals surface area contributed by atoms with Crippen molar-refractivity contribution in [2.75, 3.05) is 0 Å². The molecule has 2 N–H and O–H groups in total. The molecule has 0 heterocycles. The van der Waals surface area contributed by atoms with Crippen molar-refractivity contribution in [1.29, 1.82) is 0 Å². The molecule has 0 saturated heterocycles. The Labute approximate surface area is 170 Å². The van der Waals surface area contributed by atoms with Crippen molar-refractivity contribution in [2.45, 2.75) is 76.9 Å². The number of aliphatic hydroxyl groups excluding tert-OH is 2. The predicted molar refractivity (Wildman–Crippen MR) is 84.6 cm³/mol. The van der Waals surface area contributed by atoms with Gasteiger partial charge in [0.25, 0.3) is 0 Å². The zero-order valence-corrected chi connectivity index (χ0v) is 15.6. The van der Waals surface area contributed by atoms with E-state index in [0.29, 0.717) is 6.42 Å². The molecule has 0 bridgehead atoms. The first-order valence-electron chi connectivity index (χ1n) is 8.15. The molecular formula is C18H30EuO2. The van der Waals surface area contributed by atoms with E-state index in [1.165, 1.54) is 38.5 Å². The summed E-state index contributed by atoms with van der Waals surface area (Å²) in [5.74, 6) is 0. The average Bonchev–Trinajstić information content (AvgIpc) is 2.47. The van der Waals surface area contributed by atoms with Crippen molar-refractivity contribution >= 4 is 0 Å². The largest absolute Gasteiger partial charge is 0.393 e. The molecule has 0 aliphatic rings. The van der Waals surface area contributed by atoms with E-state index < -0.39 is 6.10 Å². The molecular weight excluding hydrogens is 400 g/mol. The quantitative estimate of drug-likeness (QED) is 0.504. The van der Waals surface area contributed by atoms with E-state index in [9.17, 15) is 10.2 Å². The average molecular weight is 430 g/mol. The maximum atomic E-state index is 10.0. The minimum Gasteiger partial charge on any atom is -0.393 e. The van der Waals surface area contributed by atoms with Crippen LogP contribution in [-0.2, 0) is 0 Å². The molecule has 0 aliphatic carbocycles. The Kier molecular flexibility index (Phi) is 14.8. The van der Waals surface area contributed by atoms with Gasteiger partial charge in [-0.3, -0.25) is 0 Å². The Morgan fingerprint density at radius 1 is 0.857 bits per heavy atom. The molecule has 1 rings (SSSR count). The van der Waals surface area contributed by atoms with E-state index in [1.54, 1.807) is 0 Å². The summed E-state index contributed by atoms with van der Waals surface area (Å²) >= 11 is 0. The summed E-state index contributed by atoms with van der Waals surface area (Å²) < 4.78 is 0. The molecule has 0 fully saturated rings. The fraction of sp³-hybridized carbons (Fsp3) is 0.667.